The average molecular weight is 507 g/mol. The fourth-order valence-corrected chi connectivity index (χ4v) is 2.60. The van der Waals surface area contributed by atoms with E-state index in [0.717, 1.165) is 0 Å². The zero-order chi connectivity index (χ0) is 19.5. The van der Waals surface area contributed by atoms with Gasteiger partial charge in [0.15, 0.2) is 5.96 Å². The molecule has 0 aliphatic rings. The number of aliphatic imine (C=N–C) groups is 1. The molecule has 0 aliphatic carbocycles. The van der Waals surface area contributed by atoms with Gasteiger partial charge >= 0.3 is 6.09 Å². The van der Waals surface area contributed by atoms with E-state index in [0.29, 0.717) is 38.6 Å². The van der Waals surface area contributed by atoms with Crippen LogP contribution in [0, 0.1) is 0 Å². The number of ether oxygens (including phenoxy) is 1. The summed E-state index contributed by atoms with van der Waals surface area (Å²) in [5.41, 5.74) is -0.520. The third-order valence-electron chi connectivity index (χ3n) is 3.09. The molecule has 0 aliphatic heterocycles. The molecule has 0 heterocycles. The van der Waals surface area contributed by atoms with Gasteiger partial charge in [0.05, 0.1) is 5.75 Å². The minimum Gasteiger partial charge on any atom is -0.444 e. The van der Waals surface area contributed by atoms with Gasteiger partial charge in [-0.25, -0.2) is 17.5 Å². The van der Waals surface area contributed by atoms with Gasteiger partial charge in [-0.2, -0.15) is 0 Å². The highest BCUT2D eigenvalue weighted by Crippen LogP contribution is 2.05. The van der Waals surface area contributed by atoms with Crippen molar-refractivity contribution in [2.45, 2.75) is 39.7 Å². The number of guanidine groups is 1. The van der Waals surface area contributed by atoms with Gasteiger partial charge in [0, 0.05) is 40.3 Å². The van der Waals surface area contributed by atoms with Crippen LogP contribution in [-0.4, -0.2) is 76.4 Å². The number of sulfonamides is 1. The Morgan fingerprint density at radius 1 is 1.12 bits per heavy atom. The number of halogens is 1. The Kier molecular flexibility index (Phi) is 14.1. The summed E-state index contributed by atoms with van der Waals surface area (Å²) in [7, 11) is 0.0850. The lowest BCUT2D eigenvalue weighted by Gasteiger charge is -2.20. The van der Waals surface area contributed by atoms with Crippen molar-refractivity contribution >= 4 is 46.1 Å². The first-order chi connectivity index (χ1) is 11.5. The summed E-state index contributed by atoms with van der Waals surface area (Å²) in [6.07, 6.45) is 0.199. The zero-order valence-corrected chi connectivity index (χ0v) is 19.7. The zero-order valence-electron chi connectivity index (χ0n) is 16.6. The SMILES string of the molecule is CCS(=O)(=O)N(C)CCCNC(=NC)NCCNC(=O)OC(C)(C)C.I. The van der Waals surface area contributed by atoms with Crippen molar-refractivity contribution in [1.82, 2.24) is 20.3 Å². The maximum Gasteiger partial charge on any atom is 0.407 e. The molecule has 0 unspecified atom stereocenters. The number of rotatable bonds is 9. The van der Waals surface area contributed by atoms with Gasteiger partial charge in [-0.1, -0.05) is 0 Å². The number of carbonyl (C=O) groups is 1. The maximum absolute atomic E-state index is 11.6. The monoisotopic (exact) mass is 507 g/mol. The van der Waals surface area contributed by atoms with Crippen LogP contribution in [-0.2, 0) is 14.8 Å². The van der Waals surface area contributed by atoms with Crippen molar-refractivity contribution in [1.29, 1.82) is 0 Å². The number of amides is 1. The van der Waals surface area contributed by atoms with E-state index >= 15 is 0 Å². The predicted octanol–water partition coefficient (Wildman–Crippen LogP) is 0.966. The number of nitrogens with one attached hydrogen (secondary N) is 3. The van der Waals surface area contributed by atoms with Gasteiger partial charge in [0.1, 0.15) is 5.60 Å². The standard InChI is InChI=1S/C15H33N5O4S.HI/c1-7-25(22,23)20(6)12-8-9-17-13(16-5)18-10-11-19-14(21)24-15(2,3)4;/h7-12H2,1-6H3,(H,19,21)(H2,16,17,18);1H. The predicted molar refractivity (Wildman–Crippen MR) is 116 cm³/mol. The summed E-state index contributed by atoms with van der Waals surface area (Å²) in [6.45, 7) is 8.96. The summed E-state index contributed by atoms with van der Waals surface area (Å²) < 4.78 is 29.7. The molecule has 0 spiro atoms. The second kappa shape index (κ2) is 13.4. The van der Waals surface area contributed by atoms with Crippen LogP contribution in [0.4, 0.5) is 4.79 Å². The van der Waals surface area contributed by atoms with Crippen LogP contribution < -0.4 is 16.0 Å². The molecule has 0 bridgehead atoms. The molecule has 0 fully saturated rings. The number of hydrogen-bond acceptors (Lipinski definition) is 5. The molecule has 1 amide bonds. The molecule has 11 heteroatoms. The van der Waals surface area contributed by atoms with Crippen molar-refractivity contribution in [3.05, 3.63) is 0 Å². The van der Waals surface area contributed by atoms with Crippen molar-refractivity contribution in [3.8, 4) is 0 Å². The lowest BCUT2D eigenvalue weighted by atomic mass is 10.2. The van der Waals surface area contributed by atoms with Gasteiger partial charge in [-0.3, -0.25) is 4.99 Å². The highest BCUT2D eigenvalue weighted by molar-refractivity contribution is 14.0. The molecular weight excluding hydrogens is 473 g/mol. The smallest absolute Gasteiger partial charge is 0.407 e. The molecule has 0 saturated heterocycles. The molecule has 156 valence electrons. The van der Waals surface area contributed by atoms with Crippen LogP contribution in [0.5, 0.6) is 0 Å². The molecule has 3 N–H and O–H groups in total. The highest BCUT2D eigenvalue weighted by atomic mass is 127. The Labute approximate surface area is 174 Å². The summed E-state index contributed by atoms with van der Waals surface area (Å²) in [5, 5.41) is 8.79. The normalized spacial score (nSPS) is 12.3. The minimum atomic E-state index is -3.14. The van der Waals surface area contributed by atoms with Crippen LogP contribution in [0.2, 0.25) is 0 Å². The van der Waals surface area contributed by atoms with E-state index in [-0.39, 0.29) is 29.7 Å². The van der Waals surface area contributed by atoms with Crippen LogP contribution >= 0.6 is 24.0 Å². The Morgan fingerprint density at radius 2 is 1.65 bits per heavy atom. The average Bonchev–Trinajstić information content (AvgIpc) is 2.51. The lowest BCUT2D eigenvalue weighted by Crippen LogP contribution is -2.43. The molecule has 0 rings (SSSR count). The van der Waals surface area contributed by atoms with E-state index < -0.39 is 21.7 Å². The minimum absolute atomic E-state index is 0. The summed E-state index contributed by atoms with van der Waals surface area (Å²) in [6, 6.07) is 0. The van der Waals surface area contributed by atoms with Crippen molar-refractivity contribution in [2.24, 2.45) is 4.99 Å². The first kappa shape index (κ1) is 27.4. The Morgan fingerprint density at radius 3 is 2.15 bits per heavy atom. The van der Waals surface area contributed by atoms with E-state index in [1.54, 1.807) is 41.8 Å². The van der Waals surface area contributed by atoms with Crippen molar-refractivity contribution in [3.63, 3.8) is 0 Å². The van der Waals surface area contributed by atoms with E-state index in [1.165, 1.54) is 4.31 Å². The number of hydrogen-bond donors (Lipinski definition) is 3. The third-order valence-corrected chi connectivity index (χ3v) is 4.95. The van der Waals surface area contributed by atoms with Crippen molar-refractivity contribution < 1.29 is 17.9 Å². The fourth-order valence-electron chi connectivity index (χ4n) is 1.75. The molecule has 0 saturated carbocycles. The van der Waals surface area contributed by atoms with E-state index in [9.17, 15) is 13.2 Å². The molecule has 9 nitrogen and oxygen atoms in total. The molecule has 0 aromatic rings. The van der Waals surface area contributed by atoms with Gasteiger partial charge < -0.3 is 20.7 Å². The fraction of sp³-hybridized carbons (Fsp3) is 0.867. The second-order valence-electron chi connectivity index (χ2n) is 6.43. The summed E-state index contributed by atoms with van der Waals surface area (Å²) in [5.74, 6) is 0.692. The van der Waals surface area contributed by atoms with E-state index in [1.807, 2.05) is 0 Å². The van der Waals surface area contributed by atoms with Crippen molar-refractivity contribution in [2.75, 3.05) is 46.0 Å². The van der Waals surface area contributed by atoms with Gasteiger partial charge in [0.2, 0.25) is 10.0 Å². The largest absolute Gasteiger partial charge is 0.444 e. The Balaban J connectivity index is 0. The van der Waals surface area contributed by atoms with E-state index in [2.05, 4.69) is 20.9 Å². The van der Waals surface area contributed by atoms with Gasteiger partial charge in [-0.05, 0) is 34.1 Å². The van der Waals surface area contributed by atoms with Gasteiger partial charge in [-0.15, -0.1) is 24.0 Å². The molecule has 0 aromatic heterocycles. The lowest BCUT2D eigenvalue weighted by molar-refractivity contribution is 0.0529. The molecule has 26 heavy (non-hydrogen) atoms. The maximum atomic E-state index is 11.6. The van der Waals surface area contributed by atoms with Crippen LogP contribution in [0.3, 0.4) is 0 Å². The first-order valence-electron chi connectivity index (χ1n) is 8.37. The summed E-state index contributed by atoms with van der Waals surface area (Å²) >= 11 is 0. The molecule has 0 radical (unpaired) electrons. The quantitative estimate of drug-likeness (QED) is 0.186. The molecule has 0 atom stereocenters. The van der Waals surface area contributed by atoms with Crippen LogP contribution in [0.25, 0.3) is 0 Å². The number of carbonyl (C=O) groups excluding carboxylic acids is 1. The Hall–Kier alpha value is -0.820. The third kappa shape index (κ3) is 13.4. The van der Waals surface area contributed by atoms with Crippen LogP contribution in [0.1, 0.15) is 34.1 Å². The Bertz CT molecular complexity index is 535. The molecular formula is C15H34IN5O4S. The second-order valence-corrected chi connectivity index (χ2v) is 8.79. The first-order valence-corrected chi connectivity index (χ1v) is 9.98. The topological polar surface area (TPSA) is 112 Å². The summed E-state index contributed by atoms with van der Waals surface area (Å²) in [4.78, 5) is 15.6. The van der Waals surface area contributed by atoms with Crippen LogP contribution in [0.15, 0.2) is 4.99 Å². The number of alkyl carbamates (subject to hydrolysis) is 1. The van der Waals surface area contributed by atoms with E-state index in [4.69, 9.17) is 4.74 Å². The molecule has 0 aromatic carbocycles. The number of nitrogens with zero attached hydrogens (tertiary/aromatic N) is 2. The van der Waals surface area contributed by atoms with Gasteiger partial charge in [0.25, 0.3) is 0 Å². The highest BCUT2D eigenvalue weighted by Gasteiger charge is 2.15.